The predicted molar refractivity (Wildman–Crippen MR) is 106 cm³/mol. The molecule has 1 aromatic carbocycles. The first-order chi connectivity index (χ1) is 13.7. The summed E-state index contributed by atoms with van der Waals surface area (Å²) in [4.78, 5) is 24.7. The molecule has 1 aliphatic heterocycles. The van der Waals surface area contributed by atoms with Gasteiger partial charge in [-0.25, -0.2) is 13.2 Å². The predicted octanol–water partition coefficient (Wildman–Crippen LogP) is 1.90. The Morgan fingerprint density at radius 3 is 2.41 bits per heavy atom. The zero-order chi connectivity index (χ0) is 21.2. The number of nitrogens with one attached hydrogen (secondary N) is 1. The molecule has 29 heavy (non-hydrogen) atoms. The molecule has 1 fully saturated rings. The van der Waals surface area contributed by atoms with E-state index in [1.54, 1.807) is 7.05 Å². The maximum atomic E-state index is 12.7. The first-order valence-electron chi connectivity index (χ1n) is 8.91. The molecular weight excluding hydrogens is 420 g/mol. The molecule has 1 saturated heterocycles. The molecule has 1 N–H and O–H groups in total. The van der Waals surface area contributed by atoms with Gasteiger partial charge >= 0.3 is 5.97 Å². The smallest absolute Gasteiger partial charge is 0.358 e. The average molecular weight is 441 g/mol. The number of anilines is 1. The Labute approximate surface area is 173 Å². The number of hydrogen-bond acceptors (Lipinski definition) is 6. The number of rotatable bonds is 5. The number of benzene rings is 1. The Balaban J connectivity index is 1.64. The number of carbonyl (C=O) groups is 2. The molecule has 9 nitrogen and oxygen atoms in total. The normalized spacial score (nSPS) is 15.8. The minimum Gasteiger partial charge on any atom is -0.464 e. The van der Waals surface area contributed by atoms with E-state index in [4.69, 9.17) is 16.3 Å². The van der Waals surface area contributed by atoms with E-state index in [2.05, 4.69) is 10.4 Å². The van der Waals surface area contributed by atoms with Gasteiger partial charge in [0.05, 0.1) is 23.9 Å². The first-order valence-corrected chi connectivity index (χ1v) is 10.7. The van der Waals surface area contributed by atoms with E-state index in [0.29, 0.717) is 17.9 Å². The quantitative estimate of drug-likeness (QED) is 0.711. The monoisotopic (exact) mass is 440 g/mol. The molecule has 11 heteroatoms. The van der Waals surface area contributed by atoms with E-state index >= 15 is 0 Å². The largest absolute Gasteiger partial charge is 0.464 e. The molecule has 156 valence electrons. The number of aryl methyl sites for hydroxylation is 1. The number of nitrogens with zero attached hydrogens (tertiary/aromatic N) is 3. The van der Waals surface area contributed by atoms with Crippen LogP contribution in [0, 0.1) is 5.92 Å². The highest BCUT2D eigenvalue weighted by molar-refractivity contribution is 7.89. The number of esters is 1. The van der Waals surface area contributed by atoms with Crippen molar-refractivity contribution in [3.8, 4) is 0 Å². The molecule has 1 aliphatic rings. The highest BCUT2D eigenvalue weighted by Crippen LogP contribution is 2.26. The van der Waals surface area contributed by atoms with Crippen LogP contribution in [0.15, 0.2) is 35.4 Å². The molecule has 0 spiro atoms. The van der Waals surface area contributed by atoms with Crippen molar-refractivity contribution in [2.45, 2.75) is 17.7 Å². The summed E-state index contributed by atoms with van der Waals surface area (Å²) in [5.74, 6) is -1.27. The summed E-state index contributed by atoms with van der Waals surface area (Å²) in [6.07, 6.45) is 2.11. The van der Waals surface area contributed by atoms with Gasteiger partial charge in [-0.3, -0.25) is 9.48 Å². The molecule has 0 bridgehead atoms. The van der Waals surface area contributed by atoms with E-state index < -0.39 is 16.0 Å². The zero-order valence-corrected chi connectivity index (χ0v) is 17.5. The molecule has 0 saturated carbocycles. The number of carbonyl (C=O) groups excluding carboxylic acids is 2. The fraction of sp³-hybridized carbons (Fsp3) is 0.389. The number of hydrogen-bond donors (Lipinski definition) is 1. The maximum Gasteiger partial charge on any atom is 0.358 e. The van der Waals surface area contributed by atoms with Crippen LogP contribution < -0.4 is 5.32 Å². The molecule has 2 aromatic rings. The van der Waals surface area contributed by atoms with Crippen molar-refractivity contribution in [1.29, 1.82) is 0 Å². The van der Waals surface area contributed by atoms with Gasteiger partial charge in [-0.1, -0.05) is 11.6 Å². The second-order valence-corrected chi connectivity index (χ2v) is 9.02. The molecule has 0 aliphatic carbocycles. The van der Waals surface area contributed by atoms with Crippen LogP contribution >= 0.6 is 11.6 Å². The Bertz CT molecular complexity index is 1010. The lowest BCUT2D eigenvalue weighted by atomic mass is 9.97. The molecule has 0 atom stereocenters. The van der Waals surface area contributed by atoms with Crippen LogP contribution in [0.4, 0.5) is 5.69 Å². The van der Waals surface area contributed by atoms with Crippen LogP contribution in [0.2, 0.25) is 5.02 Å². The lowest BCUT2D eigenvalue weighted by molar-refractivity contribution is -0.120. The minimum atomic E-state index is -3.64. The molecule has 0 unspecified atom stereocenters. The summed E-state index contributed by atoms with van der Waals surface area (Å²) in [5.41, 5.74) is 0.407. The van der Waals surface area contributed by atoms with Gasteiger partial charge in [-0.15, -0.1) is 0 Å². The third-order valence-electron chi connectivity index (χ3n) is 4.85. The second kappa shape index (κ2) is 8.52. The van der Waals surface area contributed by atoms with Crippen LogP contribution in [-0.4, -0.2) is 54.6 Å². The molecule has 1 amide bonds. The average Bonchev–Trinajstić information content (AvgIpc) is 3.07. The van der Waals surface area contributed by atoms with E-state index in [0.717, 1.165) is 0 Å². The molecule has 1 aromatic heterocycles. The molecule has 2 heterocycles. The fourth-order valence-corrected chi connectivity index (χ4v) is 4.81. The second-order valence-electron chi connectivity index (χ2n) is 6.64. The van der Waals surface area contributed by atoms with Crippen molar-refractivity contribution in [2.24, 2.45) is 13.0 Å². The summed E-state index contributed by atoms with van der Waals surface area (Å²) in [6.45, 7) is 0.444. The number of sulfonamides is 1. The van der Waals surface area contributed by atoms with E-state index in [1.807, 2.05) is 0 Å². The van der Waals surface area contributed by atoms with Gasteiger partial charge in [0.25, 0.3) is 0 Å². The highest BCUT2D eigenvalue weighted by atomic mass is 35.5. The number of halogens is 1. The van der Waals surface area contributed by atoms with Gasteiger partial charge in [0, 0.05) is 31.1 Å². The third kappa shape index (κ3) is 4.44. The fourth-order valence-electron chi connectivity index (χ4n) is 3.22. The first kappa shape index (κ1) is 21.3. The van der Waals surface area contributed by atoms with Gasteiger partial charge < -0.3 is 10.1 Å². The standard InChI is InChI=1S/C18H21ClN4O5S/c1-22-16(18(25)28-2)15(11-20-22)21-17(24)12-7-9-23(10-8-12)29(26,27)14-5-3-13(19)4-6-14/h3-6,11-12H,7-10H2,1-2H3,(H,21,24). The summed E-state index contributed by atoms with van der Waals surface area (Å²) in [5, 5.41) is 7.13. The van der Waals surface area contributed by atoms with Crippen LogP contribution in [0.1, 0.15) is 23.3 Å². The minimum absolute atomic E-state index is 0.142. The zero-order valence-electron chi connectivity index (χ0n) is 16.0. The van der Waals surface area contributed by atoms with Crippen molar-refractivity contribution in [3.63, 3.8) is 0 Å². The topological polar surface area (TPSA) is 111 Å². The van der Waals surface area contributed by atoms with Crippen LogP contribution in [0.5, 0.6) is 0 Å². The van der Waals surface area contributed by atoms with Crippen LogP contribution in [-0.2, 0) is 26.6 Å². The van der Waals surface area contributed by atoms with Crippen molar-refractivity contribution in [2.75, 3.05) is 25.5 Å². The molecule has 3 rings (SSSR count). The van der Waals surface area contributed by atoms with Crippen LogP contribution in [0.3, 0.4) is 0 Å². The highest BCUT2D eigenvalue weighted by Gasteiger charge is 2.32. The van der Waals surface area contributed by atoms with Crippen LogP contribution in [0.25, 0.3) is 0 Å². The van der Waals surface area contributed by atoms with Crippen molar-refractivity contribution in [3.05, 3.63) is 41.2 Å². The number of methoxy groups -OCH3 is 1. The van der Waals surface area contributed by atoms with Gasteiger partial charge in [-0.2, -0.15) is 9.40 Å². The van der Waals surface area contributed by atoms with Gasteiger partial charge in [0.1, 0.15) is 0 Å². The Morgan fingerprint density at radius 1 is 1.21 bits per heavy atom. The van der Waals surface area contributed by atoms with Gasteiger partial charge in [0.2, 0.25) is 15.9 Å². The third-order valence-corrected chi connectivity index (χ3v) is 7.02. The van der Waals surface area contributed by atoms with Crippen molar-refractivity contribution < 1.29 is 22.7 Å². The molecule has 0 radical (unpaired) electrons. The Kier molecular flexibility index (Phi) is 6.25. The summed E-state index contributed by atoms with van der Waals surface area (Å²) in [6, 6.07) is 5.99. The number of aromatic nitrogens is 2. The Hall–Kier alpha value is -2.43. The number of amides is 1. The van der Waals surface area contributed by atoms with Gasteiger partial charge in [-0.05, 0) is 37.1 Å². The van der Waals surface area contributed by atoms with Crippen molar-refractivity contribution >= 4 is 39.2 Å². The van der Waals surface area contributed by atoms with E-state index in [-0.39, 0.29) is 41.2 Å². The van der Waals surface area contributed by atoms with Crippen molar-refractivity contribution in [1.82, 2.24) is 14.1 Å². The molecular formula is C18H21ClN4O5S. The summed E-state index contributed by atoms with van der Waals surface area (Å²) in [7, 11) is -0.817. The maximum absolute atomic E-state index is 12.7. The Morgan fingerprint density at radius 2 is 1.83 bits per heavy atom. The lowest BCUT2D eigenvalue weighted by Crippen LogP contribution is -2.41. The summed E-state index contributed by atoms with van der Waals surface area (Å²) >= 11 is 5.82. The van der Waals surface area contributed by atoms with Gasteiger partial charge in [0.15, 0.2) is 5.69 Å². The number of piperidine rings is 1. The van der Waals surface area contributed by atoms with E-state index in [9.17, 15) is 18.0 Å². The number of ether oxygens (including phenoxy) is 1. The van der Waals surface area contributed by atoms with E-state index in [1.165, 1.54) is 46.6 Å². The summed E-state index contributed by atoms with van der Waals surface area (Å²) < 4.78 is 32.9. The lowest BCUT2D eigenvalue weighted by Gasteiger charge is -2.30. The SMILES string of the molecule is COC(=O)c1c(NC(=O)C2CCN(S(=O)(=O)c3ccc(Cl)cc3)CC2)cnn1C.